The Hall–Kier alpha value is 1.04. The highest BCUT2D eigenvalue weighted by Crippen LogP contribution is 2.06. The summed E-state index contributed by atoms with van der Waals surface area (Å²) in [5.41, 5.74) is 0. The fraction of sp³-hybridized carbons (Fsp3) is 1.00. The van der Waals surface area contributed by atoms with Crippen LogP contribution in [0.25, 0.3) is 0 Å². The molecule has 11 heavy (non-hydrogen) atoms. The van der Waals surface area contributed by atoms with E-state index in [1.807, 2.05) is 0 Å². The highest BCUT2D eigenvalue weighted by Gasteiger charge is 2.07. The average Bonchev–Trinajstić information content (AvgIpc) is 1.87. The minimum atomic E-state index is 0.527. The molecule has 1 nitrogen and oxygen atoms in total. The molecule has 0 saturated carbocycles. The number of halogens is 1. The fourth-order valence-corrected chi connectivity index (χ4v) is 2.05. The van der Waals surface area contributed by atoms with Crippen LogP contribution in [0.15, 0.2) is 0 Å². The van der Waals surface area contributed by atoms with Gasteiger partial charge >= 0.3 is 0 Å². The number of hydrogen-bond donors (Lipinski definition) is 1. The average molecular weight is 287 g/mol. The first kappa shape index (κ1) is 12.0. The smallest absolute Gasteiger partial charge is 0.0508 e. The minimum Gasteiger partial charge on any atom is -0.292 e. The number of hydrogen-bond acceptors (Lipinski definition) is 2. The third kappa shape index (κ3) is 6.22. The summed E-state index contributed by atoms with van der Waals surface area (Å²) in [4.78, 5) is 2.45. The Morgan fingerprint density at radius 2 is 1.91 bits per heavy atom. The SMILES string of the molecule is CC(S)CCN(CI)C(C)C. The van der Waals surface area contributed by atoms with Gasteiger partial charge < -0.3 is 0 Å². The van der Waals surface area contributed by atoms with Crippen LogP contribution < -0.4 is 0 Å². The van der Waals surface area contributed by atoms with Gasteiger partial charge in [-0.1, -0.05) is 29.5 Å². The van der Waals surface area contributed by atoms with Crippen LogP contribution in [0.3, 0.4) is 0 Å². The second kappa shape index (κ2) is 6.54. The van der Waals surface area contributed by atoms with E-state index in [4.69, 9.17) is 0 Å². The van der Waals surface area contributed by atoms with Gasteiger partial charge in [-0.2, -0.15) is 12.6 Å². The van der Waals surface area contributed by atoms with Crippen molar-refractivity contribution in [3.63, 3.8) is 0 Å². The summed E-state index contributed by atoms with van der Waals surface area (Å²) in [7, 11) is 0. The molecule has 0 radical (unpaired) electrons. The molecule has 1 unspecified atom stereocenters. The molecule has 0 aromatic carbocycles. The summed E-state index contributed by atoms with van der Waals surface area (Å²) in [5.74, 6) is 0. The molecule has 0 saturated heterocycles. The third-order valence-corrected chi connectivity index (χ3v) is 2.85. The van der Waals surface area contributed by atoms with Crippen molar-refractivity contribution in [1.82, 2.24) is 4.90 Å². The van der Waals surface area contributed by atoms with Gasteiger partial charge in [0.05, 0.1) is 4.55 Å². The van der Waals surface area contributed by atoms with E-state index in [0.29, 0.717) is 11.3 Å². The van der Waals surface area contributed by atoms with E-state index in [2.05, 4.69) is 60.9 Å². The lowest BCUT2D eigenvalue weighted by Gasteiger charge is -2.24. The van der Waals surface area contributed by atoms with Crippen LogP contribution in [-0.4, -0.2) is 27.3 Å². The molecule has 68 valence electrons. The quantitative estimate of drug-likeness (QED) is 0.352. The van der Waals surface area contributed by atoms with Crippen molar-refractivity contribution in [2.75, 3.05) is 11.1 Å². The molecule has 0 amide bonds. The summed E-state index contributed by atoms with van der Waals surface area (Å²) in [6.45, 7) is 7.80. The van der Waals surface area contributed by atoms with Crippen molar-refractivity contribution in [1.29, 1.82) is 0 Å². The molecule has 1 atom stereocenters. The summed E-state index contributed by atoms with van der Waals surface area (Å²) >= 11 is 6.76. The zero-order valence-corrected chi connectivity index (χ0v) is 10.6. The lowest BCUT2D eigenvalue weighted by atomic mass is 10.3. The minimum absolute atomic E-state index is 0.527. The molecule has 0 fully saturated rings. The number of nitrogens with zero attached hydrogens (tertiary/aromatic N) is 1. The maximum Gasteiger partial charge on any atom is 0.0508 e. The van der Waals surface area contributed by atoms with Crippen LogP contribution in [0.2, 0.25) is 0 Å². The molecule has 0 N–H and O–H groups in total. The molecule has 0 spiro atoms. The molecule has 0 aromatic heterocycles. The molecule has 3 heteroatoms. The van der Waals surface area contributed by atoms with Crippen LogP contribution >= 0.6 is 35.2 Å². The molecule has 0 bridgehead atoms. The molecule has 0 heterocycles. The van der Waals surface area contributed by atoms with Crippen molar-refractivity contribution >= 4 is 35.2 Å². The Morgan fingerprint density at radius 3 is 2.18 bits per heavy atom. The summed E-state index contributed by atoms with van der Waals surface area (Å²) in [6, 6.07) is 0.666. The topological polar surface area (TPSA) is 3.24 Å². The van der Waals surface area contributed by atoms with Crippen molar-refractivity contribution in [2.24, 2.45) is 0 Å². The Bertz CT molecular complexity index is 96.1. The van der Waals surface area contributed by atoms with Crippen LogP contribution in [0.1, 0.15) is 27.2 Å². The Morgan fingerprint density at radius 1 is 1.36 bits per heavy atom. The lowest BCUT2D eigenvalue weighted by molar-refractivity contribution is 0.265. The monoisotopic (exact) mass is 287 g/mol. The summed E-state index contributed by atoms with van der Waals surface area (Å²) in [6.07, 6.45) is 1.18. The molecular formula is C8H18INS. The van der Waals surface area contributed by atoms with Gasteiger partial charge in [-0.05, 0) is 20.3 Å². The highest BCUT2D eigenvalue weighted by atomic mass is 127. The Kier molecular flexibility index (Phi) is 7.16. The van der Waals surface area contributed by atoms with Gasteiger partial charge in [0.25, 0.3) is 0 Å². The van der Waals surface area contributed by atoms with Gasteiger partial charge in [0.2, 0.25) is 0 Å². The first-order valence-corrected chi connectivity index (χ1v) is 6.10. The van der Waals surface area contributed by atoms with Crippen molar-refractivity contribution in [2.45, 2.75) is 38.5 Å². The number of thiol groups is 1. The molecular weight excluding hydrogens is 269 g/mol. The summed E-state index contributed by atoms with van der Waals surface area (Å²) in [5, 5.41) is 0.527. The molecule has 0 aliphatic heterocycles. The second-order valence-corrected chi connectivity index (χ2v) is 4.73. The zero-order valence-electron chi connectivity index (χ0n) is 7.55. The predicted octanol–water partition coefficient (Wildman–Crippen LogP) is 2.80. The van der Waals surface area contributed by atoms with Crippen molar-refractivity contribution < 1.29 is 0 Å². The predicted molar refractivity (Wildman–Crippen MR) is 63.8 cm³/mol. The van der Waals surface area contributed by atoms with Gasteiger partial charge in [0.1, 0.15) is 0 Å². The molecule has 0 rings (SSSR count). The van der Waals surface area contributed by atoms with E-state index in [0.717, 1.165) is 4.55 Å². The third-order valence-electron chi connectivity index (χ3n) is 1.72. The fourth-order valence-electron chi connectivity index (χ4n) is 0.809. The standard InChI is InChI=1S/C8H18INS/c1-7(2)10(6-9)5-4-8(3)11/h7-8,11H,4-6H2,1-3H3. The van der Waals surface area contributed by atoms with E-state index in [1.165, 1.54) is 13.0 Å². The van der Waals surface area contributed by atoms with E-state index >= 15 is 0 Å². The van der Waals surface area contributed by atoms with Crippen LogP contribution in [0.5, 0.6) is 0 Å². The van der Waals surface area contributed by atoms with Crippen LogP contribution in [0.4, 0.5) is 0 Å². The Labute approximate surface area is 89.5 Å². The zero-order chi connectivity index (χ0) is 8.85. The maximum atomic E-state index is 4.35. The second-order valence-electron chi connectivity index (χ2n) is 3.16. The highest BCUT2D eigenvalue weighted by molar-refractivity contribution is 14.1. The molecule has 0 aliphatic carbocycles. The molecule has 0 aromatic rings. The largest absolute Gasteiger partial charge is 0.292 e. The van der Waals surface area contributed by atoms with Crippen LogP contribution in [0, 0.1) is 0 Å². The maximum absolute atomic E-state index is 4.35. The van der Waals surface area contributed by atoms with E-state index in [9.17, 15) is 0 Å². The normalized spacial score (nSPS) is 14.5. The number of rotatable bonds is 5. The van der Waals surface area contributed by atoms with Gasteiger partial charge in [-0.15, -0.1) is 0 Å². The van der Waals surface area contributed by atoms with E-state index in [1.54, 1.807) is 0 Å². The Balaban J connectivity index is 3.52. The van der Waals surface area contributed by atoms with Gasteiger partial charge in [-0.25, -0.2) is 0 Å². The first-order chi connectivity index (χ1) is 5.07. The first-order valence-electron chi connectivity index (χ1n) is 4.06. The van der Waals surface area contributed by atoms with E-state index < -0.39 is 0 Å². The van der Waals surface area contributed by atoms with Crippen molar-refractivity contribution in [3.05, 3.63) is 0 Å². The van der Waals surface area contributed by atoms with Gasteiger partial charge in [-0.3, -0.25) is 4.90 Å². The summed E-state index contributed by atoms with van der Waals surface area (Å²) < 4.78 is 1.12. The lowest BCUT2D eigenvalue weighted by Crippen LogP contribution is -2.31. The number of alkyl halides is 1. The van der Waals surface area contributed by atoms with Crippen molar-refractivity contribution in [3.8, 4) is 0 Å². The van der Waals surface area contributed by atoms with E-state index in [-0.39, 0.29) is 0 Å². The molecule has 0 aliphatic rings. The van der Waals surface area contributed by atoms with Crippen LogP contribution in [-0.2, 0) is 0 Å². The van der Waals surface area contributed by atoms with Gasteiger partial charge in [0, 0.05) is 17.8 Å². The van der Waals surface area contributed by atoms with Gasteiger partial charge in [0.15, 0.2) is 0 Å².